The Balaban J connectivity index is 2.10. The molecule has 0 bridgehead atoms. The van der Waals surface area contributed by atoms with Gasteiger partial charge in [0.15, 0.2) is 10.4 Å². The Bertz CT molecular complexity index is 585. The van der Waals surface area contributed by atoms with Gasteiger partial charge in [-0.15, -0.1) is 0 Å². The molecule has 1 saturated heterocycles. The van der Waals surface area contributed by atoms with Crippen molar-refractivity contribution in [3.63, 3.8) is 0 Å². The van der Waals surface area contributed by atoms with Crippen molar-refractivity contribution in [1.29, 1.82) is 0 Å². The number of rotatable bonds is 1. The minimum atomic E-state index is 0.449. The molecule has 2 aromatic rings. The van der Waals surface area contributed by atoms with Gasteiger partial charge in [0.25, 0.3) is 0 Å². The highest BCUT2D eigenvalue weighted by atomic mass is 32.1. The smallest absolute Gasteiger partial charge is 0.179 e. The van der Waals surface area contributed by atoms with E-state index in [9.17, 15) is 0 Å². The number of nitrogens with one attached hydrogen (secondary N) is 1. The average Bonchev–Trinajstić information content (AvgIpc) is 2.64. The molecule has 1 fully saturated rings. The summed E-state index contributed by atoms with van der Waals surface area (Å²) in [6.45, 7) is 2.23. The molecule has 17 heavy (non-hydrogen) atoms. The SMILES string of the molecule is CN1CCCC(n2c(=S)[nH]c3cccnc32)C1. The van der Waals surface area contributed by atoms with Crippen molar-refractivity contribution in [1.82, 2.24) is 19.4 Å². The molecule has 90 valence electrons. The van der Waals surface area contributed by atoms with E-state index in [0.29, 0.717) is 6.04 Å². The third-order valence-electron chi connectivity index (χ3n) is 3.44. The number of piperidine rings is 1. The number of nitrogens with zero attached hydrogens (tertiary/aromatic N) is 3. The molecule has 0 radical (unpaired) electrons. The van der Waals surface area contributed by atoms with E-state index in [1.54, 1.807) is 0 Å². The van der Waals surface area contributed by atoms with Crippen molar-refractivity contribution in [2.75, 3.05) is 20.1 Å². The molecule has 0 amide bonds. The molecule has 0 saturated carbocycles. The third kappa shape index (κ3) is 1.89. The van der Waals surface area contributed by atoms with Crippen LogP contribution in [0.5, 0.6) is 0 Å². The molecule has 1 atom stereocenters. The number of aromatic amines is 1. The fraction of sp³-hybridized carbons (Fsp3) is 0.500. The maximum absolute atomic E-state index is 5.42. The van der Waals surface area contributed by atoms with E-state index in [-0.39, 0.29) is 0 Å². The van der Waals surface area contributed by atoms with Crippen LogP contribution in [0.25, 0.3) is 11.2 Å². The molecule has 1 N–H and O–H groups in total. The standard InChI is InChI=1S/C12H16N4S/c1-15-7-3-4-9(8-15)16-11-10(14-12(16)17)5-2-6-13-11/h2,5-6,9H,3-4,7-8H2,1H3,(H,14,17). The number of likely N-dealkylation sites (tertiary alicyclic amines) is 1. The molecule has 0 aliphatic carbocycles. The molecular formula is C12H16N4S. The topological polar surface area (TPSA) is 36.9 Å². The fourth-order valence-corrected chi connectivity index (χ4v) is 2.99. The van der Waals surface area contributed by atoms with E-state index in [1.807, 2.05) is 18.3 Å². The first-order chi connectivity index (χ1) is 8.25. The number of hydrogen-bond acceptors (Lipinski definition) is 3. The highest BCUT2D eigenvalue weighted by Gasteiger charge is 2.21. The number of likely N-dealkylation sites (N-methyl/N-ethyl adjacent to an activating group) is 1. The van der Waals surface area contributed by atoms with Crippen LogP contribution in [0, 0.1) is 4.77 Å². The lowest BCUT2D eigenvalue weighted by Crippen LogP contribution is -2.33. The number of fused-ring (bicyclic) bond motifs is 1. The quantitative estimate of drug-likeness (QED) is 0.787. The molecule has 3 heterocycles. The summed E-state index contributed by atoms with van der Waals surface area (Å²) in [5.41, 5.74) is 2.02. The summed E-state index contributed by atoms with van der Waals surface area (Å²) < 4.78 is 2.97. The van der Waals surface area contributed by atoms with Crippen LogP contribution in [0.3, 0.4) is 0 Å². The van der Waals surface area contributed by atoms with Crippen LogP contribution >= 0.6 is 12.2 Å². The minimum absolute atomic E-state index is 0.449. The van der Waals surface area contributed by atoms with E-state index in [2.05, 4.69) is 26.5 Å². The zero-order chi connectivity index (χ0) is 11.8. The summed E-state index contributed by atoms with van der Waals surface area (Å²) in [4.78, 5) is 10.0. The van der Waals surface area contributed by atoms with Gasteiger partial charge in [0.1, 0.15) is 0 Å². The molecule has 4 nitrogen and oxygen atoms in total. The van der Waals surface area contributed by atoms with Crippen molar-refractivity contribution in [3.8, 4) is 0 Å². The van der Waals surface area contributed by atoms with Gasteiger partial charge in [-0.2, -0.15) is 0 Å². The molecule has 1 aliphatic heterocycles. The number of aromatic nitrogens is 3. The summed E-state index contributed by atoms with van der Waals surface area (Å²) in [5, 5.41) is 0. The molecule has 5 heteroatoms. The van der Waals surface area contributed by atoms with Crippen molar-refractivity contribution < 1.29 is 0 Å². The monoisotopic (exact) mass is 248 g/mol. The maximum Gasteiger partial charge on any atom is 0.179 e. The van der Waals surface area contributed by atoms with Crippen molar-refractivity contribution in [3.05, 3.63) is 23.1 Å². The summed E-state index contributed by atoms with van der Waals surface area (Å²) in [7, 11) is 2.16. The number of H-pyrrole nitrogens is 1. The minimum Gasteiger partial charge on any atom is -0.329 e. The van der Waals surface area contributed by atoms with Gasteiger partial charge in [0, 0.05) is 12.7 Å². The summed E-state index contributed by atoms with van der Waals surface area (Å²) in [6.07, 6.45) is 4.23. The summed E-state index contributed by atoms with van der Waals surface area (Å²) >= 11 is 5.42. The maximum atomic E-state index is 5.42. The van der Waals surface area contributed by atoms with Gasteiger partial charge in [-0.25, -0.2) is 4.98 Å². The van der Waals surface area contributed by atoms with Crippen LogP contribution in [0.1, 0.15) is 18.9 Å². The second-order valence-corrected chi connectivity index (χ2v) is 5.12. The molecule has 1 unspecified atom stereocenters. The largest absolute Gasteiger partial charge is 0.329 e. The second kappa shape index (κ2) is 4.23. The number of hydrogen-bond donors (Lipinski definition) is 1. The van der Waals surface area contributed by atoms with Crippen molar-refractivity contribution in [2.45, 2.75) is 18.9 Å². The first kappa shape index (κ1) is 10.9. The zero-order valence-corrected chi connectivity index (χ0v) is 10.7. The van der Waals surface area contributed by atoms with E-state index >= 15 is 0 Å². The summed E-state index contributed by atoms with van der Waals surface area (Å²) in [6, 6.07) is 4.41. The Labute approximate surface area is 105 Å². The normalized spacial score (nSPS) is 22.1. The Morgan fingerprint density at radius 1 is 1.53 bits per heavy atom. The highest BCUT2D eigenvalue weighted by molar-refractivity contribution is 7.71. The van der Waals surface area contributed by atoms with Crippen LogP contribution in [0.15, 0.2) is 18.3 Å². The van der Waals surface area contributed by atoms with Crippen LogP contribution in [0.4, 0.5) is 0 Å². The molecule has 0 spiro atoms. The fourth-order valence-electron chi connectivity index (χ4n) is 2.65. The summed E-state index contributed by atoms with van der Waals surface area (Å²) in [5.74, 6) is 0. The Morgan fingerprint density at radius 2 is 2.41 bits per heavy atom. The van der Waals surface area contributed by atoms with Crippen molar-refractivity contribution in [2.24, 2.45) is 0 Å². The third-order valence-corrected chi connectivity index (χ3v) is 3.74. The lowest BCUT2D eigenvalue weighted by atomic mass is 10.1. The molecule has 0 aromatic carbocycles. The van der Waals surface area contributed by atoms with Gasteiger partial charge in [-0.1, -0.05) is 0 Å². The van der Waals surface area contributed by atoms with E-state index in [1.165, 1.54) is 19.4 Å². The Kier molecular flexibility index (Phi) is 2.72. The molecular weight excluding hydrogens is 232 g/mol. The van der Waals surface area contributed by atoms with E-state index in [0.717, 1.165) is 22.5 Å². The van der Waals surface area contributed by atoms with E-state index < -0.39 is 0 Å². The average molecular weight is 248 g/mol. The van der Waals surface area contributed by atoms with Gasteiger partial charge >= 0.3 is 0 Å². The van der Waals surface area contributed by atoms with Gasteiger partial charge in [0.05, 0.1) is 11.6 Å². The predicted octanol–water partition coefficient (Wildman–Crippen LogP) is 2.36. The van der Waals surface area contributed by atoms with Crippen LogP contribution in [-0.2, 0) is 0 Å². The predicted molar refractivity (Wildman–Crippen MR) is 70.7 cm³/mol. The van der Waals surface area contributed by atoms with Crippen LogP contribution in [-0.4, -0.2) is 39.6 Å². The Hall–Kier alpha value is -1.20. The number of pyridine rings is 1. The number of imidazole rings is 1. The first-order valence-electron chi connectivity index (χ1n) is 5.99. The molecule has 2 aromatic heterocycles. The molecule has 3 rings (SSSR count). The highest BCUT2D eigenvalue weighted by Crippen LogP contribution is 2.24. The zero-order valence-electron chi connectivity index (χ0n) is 9.89. The van der Waals surface area contributed by atoms with Gasteiger partial charge in [0.2, 0.25) is 0 Å². The lowest BCUT2D eigenvalue weighted by Gasteiger charge is -2.30. The first-order valence-corrected chi connectivity index (χ1v) is 6.40. The van der Waals surface area contributed by atoms with Crippen LogP contribution in [0.2, 0.25) is 0 Å². The van der Waals surface area contributed by atoms with Crippen molar-refractivity contribution >= 4 is 23.4 Å². The Morgan fingerprint density at radius 3 is 3.24 bits per heavy atom. The van der Waals surface area contributed by atoms with E-state index in [4.69, 9.17) is 12.2 Å². The van der Waals surface area contributed by atoms with Gasteiger partial charge in [-0.3, -0.25) is 4.57 Å². The van der Waals surface area contributed by atoms with Gasteiger partial charge < -0.3 is 9.88 Å². The van der Waals surface area contributed by atoms with Crippen LogP contribution < -0.4 is 0 Å². The van der Waals surface area contributed by atoms with Gasteiger partial charge in [-0.05, 0) is 50.8 Å². The lowest BCUT2D eigenvalue weighted by molar-refractivity contribution is 0.213. The second-order valence-electron chi connectivity index (χ2n) is 4.73. The molecule has 1 aliphatic rings.